The summed E-state index contributed by atoms with van der Waals surface area (Å²) in [6, 6.07) is 19.9. The summed E-state index contributed by atoms with van der Waals surface area (Å²) in [7, 11) is -2.93. The van der Waals surface area contributed by atoms with E-state index in [9.17, 15) is 4.57 Å². The highest BCUT2D eigenvalue weighted by Gasteiger charge is 2.30. The van der Waals surface area contributed by atoms with Crippen molar-refractivity contribution in [2.75, 3.05) is 6.66 Å². The minimum absolute atomic E-state index is 0.580. The molecule has 28 heavy (non-hydrogen) atoms. The van der Waals surface area contributed by atoms with E-state index in [0.29, 0.717) is 13.2 Å². The van der Waals surface area contributed by atoms with Crippen molar-refractivity contribution >= 4 is 12.4 Å². The molecule has 3 aromatic carbocycles. The average Bonchev–Trinajstić information content (AvgIpc) is 3.21. The molecular formula is C25H23O2P. The van der Waals surface area contributed by atoms with E-state index < -0.39 is 7.14 Å². The van der Waals surface area contributed by atoms with Crippen molar-refractivity contribution in [2.45, 2.75) is 27.1 Å². The van der Waals surface area contributed by atoms with Gasteiger partial charge in [0.15, 0.2) is 7.14 Å². The van der Waals surface area contributed by atoms with Crippen LogP contribution in [-0.2, 0) is 22.5 Å². The zero-order valence-electron chi connectivity index (χ0n) is 16.5. The van der Waals surface area contributed by atoms with Gasteiger partial charge in [-0.1, -0.05) is 54.5 Å². The van der Waals surface area contributed by atoms with Gasteiger partial charge in [-0.15, -0.1) is 0 Å². The lowest BCUT2D eigenvalue weighted by Crippen LogP contribution is -2.17. The van der Waals surface area contributed by atoms with E-state index in [4.69, 9.17) is 4.74 Å². The van der Waals surface area contributed by atoms with Crippen molar-refractivity contribution in [3.8, 4) is 22.7 Å². The molecule has 0 aliphatic carbocycles. The molecule has 0 radical (unpaired) electrons. The van der Waals surface area contributed by atoms with Gasteiger partial charge in [-0.05, 0) is 65.0 Å². The van der Waals surface area contributed by atoms with Crippen LogP contribution in [0.4, 0.5) is 0 Å². The topological polar surface area (TPSA) is 26.3 Å². The Labute approximate surface area is 166 Å². The van der Waals surface area contributed by atoms with E-state index >= 15 is 0 Å². The van der Waals surface area contributed by atoms with E-state index in [2.05, 4.69) is 37.6 Å². The fraction of sp³-hybridized carbons (Fsp3) is 0.200. The Bertz CT molecular complexity index is 1140. The SMILES string of the molecule is Cc1c2c(c(C)c([P@](C)(=O)C#Cc3ccccc3)c1-c1ccccc1)COC2. The van der Waals surface area contributed by atoms with Crippen LogP contribution in [-0.4, -0.2) is 6.66 Å². The lowest BCUT2D eigenvalue weighted by Gasteiger charge is -2.22. The van der Waals surface area contributed by atoms with Gasteiger partial charge >= 0.3 is 0 Å². The Morgan fingerprint density at radius 3 is 2.07 bits per heavy atom. The van der Waals surface area contributed by atoms with Gasteiger partial charge in [0, 0.05) is 17.5 Å². The molecular weight excluding hydrogens is 363 g/mol. The zero-order valence-corrected chi connectivity index (χ0v) is 17.3. The molecule has 0 aromatic heterocycles. The smallest absolute Gasteiger partial charge is 0.181 e. The Morgan fingerprint density at radius 2 is 1.43 bits per heavy atom. The van der Waals surface area contributed by atoms with Crippen LogP contribution in [0.5, 0.6) is 0 Å². The summed E-state index contributed by atoms with van der Waals surface area (Å²) in [5.41, 5.74) is 10.8. The molecule has 0 spiro atoms. The molecule has 0 bridgehead atoms. The first-order chi connectivity index (χ1) is 13.5. The number of hydrogen-bond donors (Lipinski definition) is 0. The summed E-state index contributed by atoms with van der Waals surface area (Å²) < 4.78 is 19.7. The Kier molecular flexibility index (Phi) is 4.98. The highest BCUT2D eigenvalue weighted by molar-refractivity contribution is 7.76. The van der Waals surface area contributed by atoms with Gasteiger partial charge in [0.2, 0.25) is 0 Å². The molecule has 0 saturated carbocycles. The normalized spacial score (nSPS) is 14.7. The molecule has 1 heterocycles. The van der Waals surface area contributed by atoms with Crippen molar-refractivity contribution < 1.29 is 9.30 Å². The minimum Gasteiger partial charge on any atom is -0.372 e. The summed E-state index contributed by atoms with van der Waals surface area (Å²) in [6.07, 6.45) is 0. The molecule has 0 N–H and O–H groups in total. The molecule has 3 aromatic rings. The summed E-state index contributed by atoms with van der Waals surface area (Å²) in [5.74, 6) is 3.13. The van der Waals surface area contributed by atoms with Crippen molar-refractivity contribution in [3.63, 3.8) is 0 Å². The van der Waals surface area contributed by atoms with Crippen molar-refractivity contribution in [2.24, 2.45) is 0 Å². The third kappa shape index (κ3) is 3.33. The van der Waals surface area contributed by atoms with E-state index in [1.165, 1.54) is 11.1 Å². The third-order valence-electron chi connectivity index (χ3n) is 5.41. The maximum Gasteiger partial charge on any atom is 0.181 e. The third-order valence-corrected chi connectivity index (χ3v) is 7.36. The molecule has 4 rings (SSSR count). The average molecular weight is 386 g/mol. The van der Waals surface area contributed by atoms with Crippen molar-refractivity contribution in [1.29, 1.82) is 0 Å². The first kappa shape index (κ1) is 18.8. The van der Waals surface area contributed by atoms with Gasteiger partial charge in [0.25, 0.3) is 0 Å². The second-order valence-corrected chi connectivity index (χ2v) is 9.84. The minimum atomic E-state index is -2.93. The summed E-state index contributed by atoms with van der Waals surface area (Å²) >= 11 is 0. The largest absolute Gasteiger partial charge is 0.372 e. The number of fused-ring (bicyclic) bond motifs is 1. The fourth-order valence-electron chi connectivity index (χ4n) is 4.00. The van der Waals surface area contributed by atoms with E-state index in [1.54, 1.807) is 6.66 Å². The van der Waals surface area contributed by atoms with Crippen LogP contribution >= 0.6 is 7.14 Å². The Hall–Kier alpha value is -2.59. The van der Waals surface area contributed by atoms with Crippen LogP contribution in [0.25, 0.3) is 11.1 Å². The van der Waals surface area contributed by atoms with E-state index in [1.807, 2.05) is 48.5 Å². The van der Waals surface area contributed by atoms with Crippen LogP contribution in [0.1, 0.15) is 27.8 Å². The lowest BCUT2D eigenvalue weighted by molar-refractivity contribution is 0.134. The second-order valence-electron chi connectivity index (χ2n) is 7.32. The number of rotatable bonds is 2. The maximum absolute atomic E-state index is 13.9. The second kappa shape index (κ2) is 7.44. The van der Waals surface area contributed by atoms with Gasteiger partial charge in [-0.25, -0.2) is 0 Å². The predicted octanol–water partition coefficient (Wildman–Crippen LogP) is 5.63. The molecule has 1 aliphatic heterocycles. The molecule has 0 saturated heterocycles. The monoisotopic (exact) mass is 386 g/mol. The van der Waals surface area contributed by atoms with E-state index in [-0.39, 0.29) is 0 Å². The van der Waals surface area contributed by atoms with Gasteiger partial charge in [-0.3, -0.25) is 0 Å². The molecule has 1 aliphatic rings. The number of hydrogen-bond acceptors (Lipinski definition) is 2. The highest BCUT2D eigenvalue weighted by atomic mass is 31.2. The molecule has 140 valence electrons. The van der Waals surface area contributed by atoms with Crippen LogP contribution in [0.2, 0.25) is 0 Å². The van der Waals surface area contributed by atoms with Crippen LogP contribution in [0.15, 0.2) is 60.7 Å². The molecule has 1 atom stereocenters. The summed E-state index contributed by atoms with van der Waals surface area (Å²) in [6.45, 7) is 7.17. The molecule has 3 heteroatoms. The summed E-state index contributed by atoms with van der Waals surface area (Å²) in [5, 5.41) is 0.879. The lowest BCUT2D eigenvalue weighted by atomic mass is 9.91. The number of benzene rings is 3. The standard InChI is InChI=1S/C25H23O2P/c1-18-22-16-27-17-23(22)19(2)25(24(18)21-12-8-5-9-13-21)28(3,26)15-14-20-10-6-4-7-11-20/h4-13H,16-17H2,1-3H3/t28-/m1/s1. The quantitative estimate of drug-likeness (QED) is 0.422. The Balaban J connectivity index is 1.97. The fourth-order valence-corrected chi connectivity index (χ4v) is 5.95. The molecule has 0 amide bonds. The van der Waals surface area contributed by atoms with Crippen LogP contribution in [0.3, 0.4) is 0 Å². The molecule has 0 unspecified atom stereocenters. The maximum atomic E-state index is 13.9. The predicted molar refractivity (Wildman–Crippen MR) is 116 cm³/mol. The molecule has 2 nitrogen and oxygen atoms in total. The van der Waals surface area contributed by atoms with Crippen LogP contribution < -0.4 is 5.30 Å². The van der Waals surface area contributed by atoms with Crippen molar-refractivity contribution in [1.82, 2.24) is 0 Å². The molecule has 0 fully saturated rings. The van der Waals surface area contributed by atoms with Crippen molar-refractivity contribution in [3.05, 3.63) is 88.5 Å². The summed E-state index contributed by atoms with van der Waals surface area (Å²) in [4.78, 5) is 0. The first-order valence-corrected chi connectivity index (χ1v) is 11.6. The van der Waals surface area contributed by atoms with Gasteiger partial charge in [0.05, 0.1) is 13.2 Å². The number of ether oxygens (including phenoxy) is 1. The van der Waals surface area contributed by atoms with Crippen LogP contribution in [0, 0.1) is 25.4 Å². The zero-order chi connectivity index (χ0) is 19.7. The first-order valence-electron chi connectivity index (χ1n) is 9.43. The van der Waals surface area contributed by atoms with E-state index in [0.717, 1.165) is 33.1 Å². The van der Waals surface area contributed by atoms with Gasteiger partial charge in [-0.2, -0.15) is 0 Å². The highest BCUT2D eigenvalue weighted by Crippen LogP contribution is 2.47. The Morgan fingerprint density at radius 1 is 0.857 bits per heavy atom. The van der Waals surface area contributed by atoms with Gasteiger partial charge < -0.3 is 9.30 Å². The van der Waals surface area contributed by atoms with Gasteiger partial charge in [0.1, 0.15) is 0 Å².